The number of rotatable bonds is 2. The van der Waals surface area contributed by atoms with Gasteiger partial charge in [-0.05, 0) is 51.4 Å². The summed E-state index contributed by atoms with van der Waals surface area (Å²) in [6.07, 6.45) is 5.14. The minimum absolute atomic E-state index is 0.125. The van der Waals surface area contributed by atoms with Crippen LogP contribution in [0.25, 0.3) is 0 Å². The summed E-state index contributed by atoms with van der Waals surface area (Å²) in [5, 5.41) is 7.00. The van der Waals surface area contributed by atoms with E-state index in [0.717, 1.165) is 38.8 Å². The van der Waals surface area contributed by atoms with Crippen molar-refractivity contribution in [1.82, 2.24) is 0 Å². The van der Waals surface area contributed by atoms with E-state index < -0.39 is 0 Å². The van der Waals surface area contributed by atoms with E-state index in [1.54, 1.807) is 0 Å². The molecule has 3 heteroatoms. The second-order valence-corrected chi connectivity index (χ2v) is 5.46. The van der Waals surface area contributed by atoms with E-state index in [-0.39, 0.29) is 5.60 Å². The Kier molecular flexibility index (Phi) is 5.73. The standard InChI is InChI=1S/C12H22O2.CH4O/c1-12(2)7-11(9-14-12)6-10-4-3-5-13-8-10;1-2/h10-11H,3-9H2,1-2H3;2H,1H3/t10-,11-;/m1./s1. The van der Waals surface area contributed by atoms with Crippen LogP contribution in [0, 0.1) is 11.8 Å². The van der Waals surface area contributed by atoms with Gasteiger partial charge in [-0.25, -0.2) is 0 Å². The molecule has 0 aromatic carbocycles. The van der Waals surface area contributed by atoms with Crippen molar-refractivity contribution in [1.29, 1.82) is 0 Å². The summed E-state index contributed by atoms with van der Waals surface area (Å²) in [6.45, 7) is 7.32. The third-order valence-corrected chi connectivity index (χ3v) is 3.41. The van der Waals surface area contributed by atoms with Gasteiger partial charge in [0, 0.05) is 20.3 Å². The lowest BCUT2D eigenvalue weighted by Crippen LogP contribution is -2.21. The molecule has 2 aliphatic heterocycles. The normalized spacial score (nSPS) is 33.0. The first-order valence-electron chi connectivity index (χ1n) is 6.32. The van der Waals surface area contributed by atoms with E-state index >= 15 is 0 Å². The van der Waals surface area contributed by atoms with Crippen molar-refractivity contribution in [3.05, 3.63) is 0 Å². The Morgan fingerprint density at radius 3 is 2.44 bits per heavy atom. The smallest absolute Gasteiger partial charge is 0.0630 e. The van der Waals surface area contributed by atoms with Gasteiger partial charge in [0.05, 0.1) is 12.2 Å². The Hall–Kier alpha value is -0.120. The predicted octanol–water partition coefficient (Wildman–Crippen LogP) is 2.23. The van der Waals surface area contributed by atoms with Gasteiger partial charge in [-0.2, -0.15) is 0 Å². The van der Waals surface area contributed by atoms with Crippen molar-refractivity contribution in [3.8, 4) is 0 Å². The fourth-order valence-corrected chi connectivity index (χ4v) is 2.77. The molecule has 2 rings (SSSR count). The number of hydrogen-bond acceptors (Lipinski definition) is 3. The van der Waals surface area contributed by atoms with Crippen LogP contribution in [0.15, 0.2) is 0 Å². The molecular weight excluding hydrogens is 204 g/mol. The fraction of sp³-hybridized carbons (Fsp3) is 1.00. The van der Waals surface area contributed by atoms with Crippen molar-refractivity contribution in [3.63, 3.8) is 0 Å². The van der Waals surface area contributed by atoms with Crippen LogP contribution < -0.4 is 0 Å². The van der Waals surface area contributed by atoms with Crippen LogP contribution in [0.1, 0.15) is 39.5 Å². The second-order valence-electron chi connectivity index (χ2n) is 5.46. The summed E-state index contributed by atoms with van der Waals surface area (Å²) in [5.41, 5.74) is 0.125. The van der Waals surface area contributed by atoms with E-state index in [2.05, 4.69) is 13.8 Å². The quantitative estimate of drug-likeness (QED) is 0.790. The molecule has 96 valence electrons. The van der Waals surface area contributed by atoms with Crippen molar-refractivity contribution in [2.45, 2.75) is 45.1 Å². The molecule has 2 atom stereocenters. The van der Waals surface area contributed by atoms with Gasteiger partial charge in [-0.15, -0.1) is 0 Å². The Morgan fingerprint density at radius 1 is 1.19 bits per heavy atom. The zero-order chi connectivity index (χ0) is 12.0. The monoisotopic (exact) mass is 230 g/mol. The summed E-state index contributed by atoms with van der Waals surface area (Å²) < 4.78 is 11.3. The van der Waals surface area contributed by atoms with Gasteiger partial charge in [-0.3, -0.25) is 0 Å². The van der Waals surface area contributed by atoms with Crippen LogP contribution in [0.4, 0.5) is 0 Å². The molecule has 0 aromatic heterocycles. The number of hydrogen-bond donors (Lipinski definition) is 1. The second kappa shape index (κ2) is 6.58. The zero-order valence-electron chi connectivity index (χ0n) is 10.9. The number of aliphatic hydroxyl groups excluding tert-OH is 1. The molecule has 0 spiro atoms. The molecule has 2 heterocycles. The topological polar surface area (TPSA) is 38.7 Å². The van der Waals surface area contributed by atoms with Crippen LogP contribution in [0.3, 0.4) is 0 Å². The van der Waals surface area contributed by atoms with Gasteiger partial charge in [0.25, 0.3) is 0 Å². The van der Waals surface area contributed by atoms with Gasteiger partial charge in [-0.1, -0.05) is 0 Å². The van der Waals surface area contributed by atoms with E-state index in [1.807, 2.05) is 0 Å². The Bertz CT molecular complexity index is 186. The fourth-order valence-electron chi connectivity index (χ4n) is 2.77. The predicted molar refractivity (Wildman–Crippen MR) is 64.4 cm³/mol. The maximum atomic E-state index is 7.00. The first-order chi connectivity index (χ1) is 7.66. The summed E-state index contributed by atoms with van der Waals surface area (Å²) in [7, 11) is 1.00. The molecule has 1 N–H and O–H groups in total. The van der Waals surface area contributed by atoms with Crippen LogP contribution in [-0.2, 0) is 9.47 Å². The van der Waals surface area contributed by atoms with Gasteiger partial charge < -0.3 is 14.6 Å². The Morgan fingerprint density at radius 2 is 1.94 bits per heavy atom. The van der Waals surface area contributed by atoms with Crippen LogP contribution >= 0.6 is 0 Å². The van der Waals surface area contributed by atoms with Crippen LogP contribution in [0.5, 0.6) is 0 Å². The summed E-state index contributed by atoms with van der Waals surface area (Å²) in [4.78, 5) is 0. The van der Waals surface area contributed by atoms with Gasteiger partial charge in [0.15, 0.2) is 0 Å². The van der Waals surface area contributed by atoms with E-state index in [0.29, 0.717) is 0 Å². The first-order valence-corrected chi connectivity index (χ1v) is 6.32. The molecule has 16 heavy (non-hydrogen) atoms. The minimum atomic E-state index is 0.125. The molecule has 2 fully saturated rings. The van der Waals surface area contributed by atoms with Gasteiger partial charge in [0.1, 0.15) is 0 Å². The highest BCUT2D eigenvalue weighted by Crippen LogP contribution is 2.34. The molecule has 0 radical (unpaired) electrons. The molecular formula is C13H26O3. The molecule has 0 aromatic rings. The van der Waals surface area contributed by atoms with Gasteiger partial charge >= 0.3 is 0 Å². The molecule has 2 saturated heterocycles. The van der Waals surface area contributed by atoms with E-state index in [9.17, 15) is 0 Å². The van der Waals surface area contributed by atoms with Crippen molar-refractivity contribution >= 4 is 0 Å². The average Bonchev–Trinajstić information content (AvgIpc) is 2.62. The Balaban J connectivity index is 0.000000606. The molecule has 3 nitrogen and oxygen atoms in total. The largest absolute Gasteiger partial charge is 0.400 e. The lowest BCUT2D eigenvalue weighted by Gasteiger charge is -2.24. The molecule has 0 bridgehead atoms. The number of aliphatic hydroxyl groups is 1. The minimum Gasteiger partial charge on any atom is -0.400 e. The summed E-state index contributed by atoms with van der Waals surface area (Å²) in [5.74, 6) is 1.57. The highest BCUT2D eigenvalue weighted by Gasteiger charge is 2.33. The summed E-state index contributed by atoms with van der Waals surface area (Å²) >= 11 is 0. The average molecular weight is 230 g/mol. The van der Waals surface area contributed by atoms with Gasteiger partial charge in [0.2, 0.25) is 0 Å². The third kappa shape index (κ3) is 4.40. The SMILES string of the molecule is CC1(C)C[C@@H](C[C@H]2CCCOC2)CO1.CO. The Labute approximate surface area is 99.1 Å². The lowest BCUT2D eigenvalue weighted by molar-refractivity contribution is 0.0303. The molecule has 2 aliphatic rings. The summed E-state index contributed by atoms with van der Waals surface area (Å²) in [6, 6.07) is 0. The highest BCUT2D eigenvalue weighted by molar-refractivity contribution is 4.82. The van der Waals surface area contributed by atoms with Crippen LogP contribution in [0.2, 0.25) is 0 Å². The van der Waals surface area contributed by atoms with Crippen molar-refractivity contribution < 1.29 is 14.6 Å². The van der Waals surface area contributed by atoms with Crippen molar-refractivity contribution in [2.75, 3.05) is 26.9 Å². The molecule has 0 aliphatic carbocycles. The number of ether oxygens (including phenoxy) is 2. The van der Waals surface area contributed by atoms with E-state index in [4.69, 9.17) is 14.6 Å². The highest BCUT2D eigenvalue weighted by atomic mass is 16.5. The van der Waals surface area contributed by atoms with Crippen molar-refractivity contribution in [2.24, 2.45) is 11.8 Å². The molecule has 0 amide bonds. The maximum absolute atomic E-state index is 7.00. The lowest BCUT2D eigenvalue weighted by atomic mass is 9.87. The molecule has 0 saturated carbocycles. The maximum Gasteiger partial charge on any atom is 0.0630 e. The van der Waals surface area contributed by atoms with E-state index in [1.165, 1.54) is 25.7 Å². The molecule has 0 unspecified atom stereocenters. The first kappa shape index (κ1) is 13.9. The zero-order valence-corrected chi connectivity index (χ0v) is 10.9. The van der Waals surface area contributed by atoms with Crippen LogP contribution in [-0.4, -0.2) is 37.6 Å². The third-order valence-electron chi connectivity index (χ3n) is 3.41.